The zero-order chi connectivity index (χ0) is 10.7. The van der Waals surface area contributed by atoms with E-state index in [1.165, 1.54) is 18.4 Å². The number of anilines is 1. The molecule has 1 heterocycles. The van der Waals surface area contributed by atoms with Gasteiger partial charge in [0.1, 0.15) is 12.1 Å². The molecule has 1 aromatic carbocycles. The summed E-state index contributed by atoms with van der Waals surface area (Å²) >= 11 is 0. The van der Waals surface area contributed by atoms with E-state index in [1.807, 2.05) is 0 Å². The van der Waals surface area contributed by atoms with Gasteiger partial charge in [-0.3, -0.25) is 4.79 Å². The summed E-state index contributed by atoms with van der Waals surface area (Å²) in [6, 6.07) is 5.90. The Hall–Kier alpha value is -2.17. The van der Waals surface area contributed by atoms with Crippen LogP contribution in [0.3, 0.4) is 0 Å². The predicted octanol–water partition coefficient (Wildman–Crippen LogP) is 2.07. The van der Waals surface area contributed by atoms with Crippen molar-refractivity contribution in [3.05, 3.63) is 48.4 Å². The van der Waals surface area contributed by atoms with Crippen LogP contribution < -0.4 is 5.32 Å². The monoisotopic (exact) mass is 206 g/mol. The van der Waals surface area contributed by atoms with Crippen molar-refractivity contribution in [2.75, 3.05) is 5.32 Å². The fraction of sp³-hybridized carbons (Fsp3) is 0. The van der Waals surface area contributed by atoms with E-state index < -0.39 is 11.7 Å². The van der Waals surface area contributed by atoms with Gasteiger partial charge in [0.05, 0.1) is 5.69 Å². The second kappa shape index (κ2) is 3.91. The molecule has 0 aliphatic rings. The van der Waals surface area contributed by atoms with E-state index in [4.69, 9.17) is 0 Å². The van der Waals surface area contributed by atoms with E-state index in [0.717, 1.165) is 6.39 Å². The molecule has 1 amide bonds. The summed E-state index contributed by atoms with van der Waals surface area (Å²) in [6.07, 6.45) is 2.33. The average Bonchev–Trinajstić information content (AvgIpc) is 2.74. The van der Waals surface area contributed by atoms with Crippen LogP contribution in [0.5, 0.6) is 0 Å². The van der Waals surface area contributed by atoms with E-state index in [0.29, 0.717) is 0 Å². The van der Waals surface area contributed by atoms with Crippen LogP contribution in [-0.4, -0.2) is 10.9 Å². The number of carbonyl (C=O) groups excluding carboxylic acids is 1. The molecule has 1 N–H and O–H groups in total. The molecule has 2 rings (SSSR count). The third-order valence-electron chi connectivity index (χ3n) is 1.79. The van der Waals surface area contributed by atoms with Crippen LogP contribution in [-0.2, 0) is 0 Å². The maximum Gasteiger partial charge on any atom is 0.277 e. The highest BCUT2D eigenvalue weighted by molar-refractivity contribution is 6.02. The van der Waals surface area contributed by atoms with Crippen molar-refractivity contribution < 1.29 is 13.6 Å². The first kappa shape index (κ1) is 9.39. The number of hydrogen-bond donors (Lipinski definition) is 1. The normalized spacial score (nSPS) is 9.93. The smallest absolute Gasteiger partial charge is 0.277 e. The van der Waals surface area contributed by atoms with Crippen molar-refractivity contribution in [2.45, 2.75) is 0 Å². The molecule has 0 unspecified atom stereocenters. The highest BCUT2D eigenvalue weighted by atomic mass is 19.1. The van der Waals surface area contributed by atoms with Gasteiger partial charge in [-0.15, -0.1) is 0 Å². The second-order valence-electron chi connectivity index (χ2n) is 2.81. The minimum absolute atomic E-state index is 0.109. The zero-order valence-electron chi connectivity index (χ0n) is 7.61. The Kier molecular flexibility index (Phi) is 2.45. The fourth-order valence-corrected chi connectivity index (χ4v) is 1.07. The van der Waals surface area contributed by atoms with Crippen molar-refractivity contribution in [3.63, 3.8) is 0 Å². The van der Waals surface area contributed by atoms with Gasteiger partial charge >= 0.3 is 0 Å². The number of rotatable bonds is 2. The molecule has 76 valence electrons. The Balaban J connectivity index is 2.17. The maximum atomic E-state index is 13.1. The van der Waals surface area contributed by atoms with Gasteiger partial charge in [0.25, 0.3) is 5.91 Å². The number of carbonyl (C=O) groups is 1. The molecular weight excluding hydrogens is 199 g/mol. The molecule has 4 nitrogen and oxygen atoms in total. The lowest BCUT2D eigenvalue weighted by Gasteiger charge is -2.02. The van der Waals surface area contributed by atoms with Gasteiger partial charge in [0.15, 0.2) is 12.1 Å². The van der Waals surface area contributed by atoms with Crippen LogP contribution in [0.15, 0.2) is 41.3 Å². The summed E-state index contributed by atoms with van der Waals surface area (Å²) in [5.74, 6) is -0.997. The SMILES string of the molecule is O=C(Nc1ccccc1F)c1cocn1. The third kappa shape index (κ3) is 2.01. The Morgan fingerprint density at radius 3 is 2.87 bits per heavy atom. The van der Waals surface area contributed by atoms with Crippen LogP contribution in [0.25, 0.3) is 0 Å². The molecule has 0 saturated heterocycles. The molecule has 0 atom stereocenters. The molecule has 15 heavy (non-hydrogen) atoms. The molecule has 0 aliphatic carbocycles. The highest BCUT2D eigenvalue weighted by Gasteiger charge is 2.10. The largest absolute Gasteiger partial charge is 0.451 e. The maximum absolute atomic E-state index is 13.1. The van der Waals surface area contributed by atoms with Gasteiger partial charge in [-0.05, 0) is 12.1 Å². The number of halogens is 1. The van der Waals surface area contributed by atoms with Crippen LogP contribution in [0.1, 0.15) is 10.5 Å². The molecular formula is C10H7FN2O2. The first-order valence-corrected chi connectivity index (χ1v) is 4.21. The lowest BCUT2D eigenvalue weighted by atomic mass is 10.3. The summed E-state index contributed by atoms with van der Waals surface area (Å²) < 4.78 is 17.8. The van der Waals surface area contributed by atoms with Crippen LogP contribution in [0.2, 0.25) is 0 Å². The third-order valence-corrected chi connectivity index (χ3v) is 1.79. The number of benzene rings is 1. The quantitative estimate of drug-likeness (QED) is 0.818. The number of amides is 1. The minimum Gasteiger partial charge on any atom is -0.451 e. The van der Waals surface area contributed by atoms with Crippen molar-refractivity contribution in [2.24, 2.45) is 0 Å². The van der Waals surface area contributed by atoms with Gasteiger partial charge in [0.2, 0.25) is 0 Å². The van der Waals surface area contributed by atoms with Gasteiger partial charge in [-0.2, -0.15) is 0 Å². The number of aromatic nitrogens is 1. The fourth-order valence-electron chi connectivity index (χ4n) is 1.07. The van der Waals surface area contributed by atoms with E-state index in [9.17, 15) is 9.18 Å². The first-order chi connectivity index (χ1) is 7.27. The summed E-state index contributed by atoms with van der Waals surface area (Å²) in [6.45, 7) is 0. The Labute approximate surface area is 84.7 Å². The number of para-hydroxylation sites is 1. The summed E-state index contributed by atoms with van der Waals surface area (Å²) in [4.78, 5) is 15.1. The minimum atomic E-state index is -0.506. The first-order valence-electron chi connectivity index (χ1n) is 4.21. The average molecular weight is 206 g/mol. The van der Waals surface area contributed by atoms with E-state index in [2.05, 4.69) is 14.7 Å². The Morgan fingerprint density at radius 1 is 1.40 bits per heavy atom. The lowest BCUT2D eigenvalue weighted by molar-refractivity contribution is 0.102. The number of oxazole rings is 1. The molecule has 1 aromatic heterocycles. The predicted molar refractivity (Wildman–Crippen MR) is 50.9 cm³/mol. The van der Waals surface area contributed by atoms with Gasteiger partial charge < -0.3 is 9.73 Å². The molecule has 0 radical (unpaired) electrons. The molecule has 0 bridgehead atoms. The Bertz CT molecular complexity index is 468. The number of nitrogens with one attached hydrogen (secondary N) is 1. The van der Waals surface area contributed by atoms with E-state index in [1.54, 1.807) is 12.1 Å². The summed E-state index contributed by atoms with van der Waals surface area (Å²) in [5, 5.41) is 2.38. The van der Waals surface area contributed by atoms with Crippen molar-refractivity contribution in [1.82, 2.24) is 4.98 Å². The van der Waals surface area contributed by atoms with Gasteiger partial charge in [-0.1, -0.05) is 12.1 Å². The van der Waals surface area contributed by atoms with Crippen molar-refractivity contribution in [1.29, 1.82) is 0 Å². The lowest BCUT2D eigenvalue weighted by Crippen LogP contribution is -2.13. The summed E-state index contributed by atoms with van der Waals surface area (Å²) in [5.41, 5.74) is 0.226. The standard InChI is InChI=1S/C10H7FN2O2/c11-7-3-1-2-4-8(7)13-10(14)9-5-15-6-12-9/h1-6H,(H,13,14). The molecule has 5 heteroatoms. The topological polar surface area (TPSA) is 55.1 Å². The molecule has 0 aliphatic heterocycles. The highest BCUT2D eigenvalue weighted by Crippen LogP contribution is 2.13. The van der Waals surface area contributed by atoms with Crippen molar-refractivity contribution >= 4 is 11.6 Å². The Morgan fingerprint density at radius 2 is 2.20 bits per heavy atom. The number of nitrogens with zero attached hydrogens (tertiary/aromatic N) is 1. The van der Waals surface area contributed by atoms with Crippen LogP contribution in [0, 0.1) is 5.82 Å². The van der Waals surface area contributed by atoms with Crippen LogP contribution in [0.4, 0.5) is 10.1 Å². The molecule has 0 fully saturated rings. The zero-order valence-corrected chi connectivity index (χ0v) is 7.61. The van der Waals surface area contributed by atoms with Crippen molar-refractivity contribution in [3.8, 4) is 0 Å². The molecule has 0 saturated carbocycles. The van der Waals surface area contributed by atoms with E-state index >= 15 is 0 Å². The summed E-state index contributed by atoms with van der Waals surface area (Å²) in [7, 11) is 0. The van der Waals surface area contributed by atoms with Gasteiger partial charge in [-0.25, -0.2) is 9.37 Å². The molecule has 0 spiro atoms. The second-order valence-corrected chi connectivity index (χ2v) is 2.81. The molecule has 2 aromatic rings. The van der Waals surface area contributed by atoms with Crippen LogP contribution >= 0.6 is 0 Å². The number of hydrogen-bond acceptors (Lipinski definition) is 3. The van der Waals surface area contributed by atoms with Gasteiger partial charge in [0, 0.05) is 0 Å². The van der Waals surface area contributed by atoms with E-state index in [-0.39, 0.29) is 11.4 Å².